The molecule has 1 saturated carbocycles. The minimum absolute atomic E-state index is 0.163. The van der Waals surface area contributed by atoms with Crippen LogP contribution in [0.3, 0.4) is 0 Å². The summed E-state index contributed by atoms with van der Waals surface area (Å²) >= 11 is 0. The molecule has 0 aromatic carbocycles. The van der Waals surface area contributed by atoms with E-state index in [-0.39, 0.29) is 18.8 Å². The lowest BCUT2D eigenvalue weighted by Gasteiger charge is -2.24. The fraction of sp³-hybridized carbons (Fsp3) is 0.917. The Morgan fingerprint density at radius 3 is 2.50 bits per heavy atom. The molecule has 4 heteroatoms. The van der Waals surface area contributed by atoms with Crippen molar-refractivity contribution in [1.82, 2.24) is 5.32 Å². The average Bonchev–Trinajstić information content (AvgIpc) is 2.25. The fourth-order valence-corrected chi connectivity index (χ4v) is 2.06. The van der Waals surface area contributed by atoms with Gasteiger partial charge in [0.2, 0.25) is 0 Å². The zero-order valence-electron chi connectivity index (χ0n) is 10.2. The maximum Gasteiger partial charge on any atom is 0.323 e. The fourth-order valence-electron chi connectivity index (χ4n) is 2.06. The first-order valence-electron chi connectivity index (χ1n) is 6.20. The number of carbonyl (C=O) groups is 1. The maximum atomic E-state index is 11.0. The molecule has 0 spiro atoms. The van der Waals surface area contributed by atoms with Gasteiger partial charge in [0.25, 0.3) is 0 Å². The summed E-state index contributed by atoms with van der Waals surface area (Å²) in [6.45, 7) is 4.16. The van der Waals surface area contributed by atoms with E-state index in [0.717, 1.165) is 12.8 Å². The van der Waals surface area contributed by atoms with Crippen molar-refractivity contribution in [3.05, 3.63) is 0 Å². The predicted molar refractivity (Wildman–Crippen MR) is 62.5 cm³/mol. The van der Waals surface area contributed by atoms with Crippen LogP contribution in [0.25, 0.3) is 0 Å². The minimum Gasteiger partial charge on any atom is -0.480 e. The molecule has 1 atom stereocenters. The van der Waals surface area contributed by atoms with Crippen molar-refractivity contribution >= 4 is 5.97 Å². The third-order valence-electron chi connectivity index (χ3n) is 2.88. The van der Waals surface area contributed by atoms with E-state index in [1.165, 1.54) is 19.3 Å². The monoisotopic (exact) mass is 229 g/mol. The van der Waals surface area contributed by atoms with Crippen LogP contribution < -0.4 is 5.32 Å². The summed E-state index contributed by atoms with van der Waals surface area (Å²) in [4.78, 5) is 11.0. The number of carboxylic acid groups (broad SMARTS) is 1. The Labute approximate surface area is 97.4 Å². The predicted octanol–water partition coefficient (Wildman–Crippen LogP) is 1.79. The number of hydrogen-bond donors (Lipinski definition) is 2. The molecule has 2 N–H and O–H groups in total. The highest BCUT2D eigenvalue weighted by molar-refractivity contribution is 5.73. The van der Waals surface area contributed by atoms with Gasteiger partial charge in [0.1, 0.15) is 6.04 Å². The lowest BCUT2D eigenvalue weighted by Crippen LogP contribution is -2.44. The van der Waals surface area contributed by atoms with Crippen molar-refractivity contribution in [3.63, 3.8) is 0 Å². The van der Waals surface area contributed by atoms with E-state index < -0.39 is 12.0 Å². The number of nitrogens with one attached hydrogen (secondary N) is 1. The number of rotatable bonds is 6. The summed E-state index contributed by atoms with van der Waals surface area (Å²) in [6, 6.07) is -0.419. The Balaban J connectivity index is 2.28. The summed E-state index contributed by atoms with van der Waals surface area (Å²) in [5.74, 6) is -0.829. The molecule has 0 aromatic heterocycles. The third kappa shape index (κ3) is 4.94. The van der Waals surface area contributed by atoms with E-state index in [1.54, 1.807) is 0 Å². The van der Waals surface area contributed by atoms with Gasteiger partial charge in [-0.2, -0.15) is 0 Å². The van der Waals surface area contributed by atoms with Gasteiger partial charge in [-0.1, -0.05) is 33.1 Å². The van der Waals surface area contributed by atoms with Crippen molar-refractivity contribution in [3.8, 4) is 0 Å². The smallest absolute Gasteiger partial charge is 0.323 e. The first kappa shape index (κ1) is 13.5. The van der Waals surface area contributed by atoms with E-state index >= 15 is 0 Å². The van der Waals surface area contributed by atoms with Gasteiger partial charge in [0, 0.05) is 6.04 Å². The van der Waals surface area contributed by atoms with Gasteiger partial charge in [0.05, 0.1) is 12.7 Å². The number of hydrogen-bond acceptors (Lipinski definition) is 3. The Morgan fingerprint density at radius 1 is 1.38 bits per heavy atom. The molecule has 0 aliphatic heterocycles. The Bertz CT molecular complexity index is 212. The van der Waals surface area contributed by atoms with E-state index in [4.69, 9.17) is 9.84 Å². The van der Waals surface area contributed by atoms with Crippen molar-refractivity contribution < 1.29 is 14.6 Å². The standard InChI is InChI=1S/C12H23NO3/c1-9(2)13-11(12(14)15)8-16-10-6-4-3-5-7-10/h9-11,13H,3-8H2,1-2H3,(H,14,15). The van der Waals surface area contributed by atoms with Crippen molar-refractivity contribution in [2.75, 3.05) is 6.61 Å². The highest BCUT2D eigenvalue weighted by Crippen LogP contribution is 2.20. The number of ether oxygens (including phenoxy) is 1. The van der Waals surface area contributed by atoms with E-state index in [9.17, 15) is 4.79 Å². The topological polar surface area (TPSA) is 58.6 Å². The van der Waals surface area contributed by atoms with E-state index in [2.05, 4.69) is 5.32 Å². The molecule has 0 amide bonds. The molecule has 16 heavy (non-hydrogen) atoms. The molecule has 94 valence electrons. The van der Waals surface area contributed by atoms with E-state index in [0.29, 0.717) is 0 Å². The molecule has 1 rings (SSSR count). The zero-order chi connectivity index (χ0) is 12.0. The third-order valence-corrected chi connectivity index (χ3v) is 2.88. The van der Waals surface area contributed by atoms with Crippen LogP contribution in [0.2, 0.25) is 0 Å². The van der Waals surface area contributed by atoms with Crippen LogP contribution in [0.5, 0.6) is 0 Å². The van der Waals surface area contributed by atoms with Gasteiger partial charge >= 0.3 is 5.97 Å². The first-order chi connectivity index (χ1) is 7.59. The van der Waals surface area contributed by atoms with Crippen LogP contribution in [0, 0.1) is 0 Å². The lowest BCUT2D eigenvalue weighted by molar-refractivity contribution is -0.142. The SMILES string of the molecule is CC(C)NC(COC1CCCCC1)C(=O)O. The zero-order valence-corrected chi connectivity index (χ0v) is 10.2. The maximum absolute atomic E-state index is 11.0. The Kier molecular flexibility index (Phi) is 5.77. The Hall–Kier alpha value is -0.610. The first-order valence-corrected chi connectivity index (χ1v) is 6.20. The van der Waals surface area contributed by atoms with Crippen molar-refractivity contribution in [1.29, 1.82) is 0 Å². The molecule has 0 radical (unpaired) electrons. The molecule has 0 heterocycles. The summed E-state index contributed by atoms with van der Waals surface area (Å²) in [6.07, 6.45) is 6.12. The second-order valence-corrected chi connectivity index (χ2v) is 4.81. The van der Waals surface area contributed by atoms with E-state index in [1.807, 2.05) is 13.8 Å². The average molecular weight is 229 g/mol. The van der Waals surface area contributed by atoms with Gasteiger partial charge in [-0.05, 0) is 12.8 Å². The van der Waals surface area contributed by atoms with Gasteiger partial charge in [-0.3, -0.25) is 4.79 Å². The van der Waals surface area contributed by atoms with Crippen LogP contribution in [0.15, 0.2) is 0 Å². The minimum atomic E-state index is -0.829. The summed E-state index contributed by atoms with van der Waals surface area (Å²) in [7, 11) is 0. The van der Waals surface area contributed by atoms with Crippen LogP contribution in [0.4, 0.5) is 0 Å². The van der Waals surface area contributed by atoms with Crippen LogP contribution >= 0.6 is 0 Å². The molecule has 1 fully saturated rings. The van der Waals surface area contributed by atoms with Crippen LogP contribution in [-0.4, -0.2) is 35.9 Å². The highest BCUT2D eigenvalue weighted by atomic mass is 16.5. The second-order valence-electron chi connectivity index (χ2n) is 4.81. The molecule has 0 saturated heterocycles. The van der Waals surface area contributed by atoms with Gasteiger partial charge in [-0.15, -0.1) is 0 Å². The number of carboxylic acids is 1. The molecular formula is C12H23NO3. The molecule has 1 aliphatic rings. The van der Waals surface area contributed by atoms with Crippen molar-refractivity contribution in [2.24, 2.45) is 0 Å². The molecule has 1 aliphatic carbocycles. The molecular weight excluding hydrogens is 206 g/mol. The summed E-state index contributed by atoms with van der Waals surface area (Å²) < 4.78 is 5.66. The largest absolute Gasteiger partial charge is 0.480 e. The van der Waals surface area contributed by atoms with Gasteiger partial charge in [0.15, 0.2) is 0 Å². The highest BCUT2D eigenvalue weighted by Gasteiger charge is 2.21. The molecule has 4 nitrogen and oxygen atoms in total. The molecule has 0 bridgehead atoms. The molecule has 1 unspecified atom stereocenters. The van der Waals surface area contributed by atoms with Crippen LogP contribution in [0.1, 0.15) is 46.0 Å². The lowest BCUT2D eigenvalue weighted by atomic mass is 9.98. The second kappa shape index (κ2) is 6.86. The summed E-state index contributed by atoms with van der Waals surface area (Å²) in [5, 5.41) is 12.0. The number of aliphatic carboxylic acids is 1. The van der Waals surface area contributed by atoms with Gasteiger partial charge < -0.3 is 15.2 Å². The van der Waals surface area contributed by atoms with Crippen LogP contribution in [-0.2, 0) is 9.53 Å². The Morgan fingerprint density at radius 2 is 2.00 bits per heavy atom. The van der Waals surface area contributed by atoms with Gasteiger partial charge in [-0.25, -0.2) is 0 Å². The van der Waals surface area contributed by atoms with Crippen molar-refractivity contribution in [2.45, 2.75) is 64.1 Å². The molecule has 0 aromatic rings. The quantitative estimate of drug-likeness (QED) is 0.729. The normalized spacial score (nSPS) is 19.9. The summed E-state index contributed by atoms with van der Waals surface area (Å²) in [5.41, 5.74) is 0.